The first-order valence-electron chi connectivity index (χ1n) is 12.4. The van der Waals surface area contributed by atoms with Gasteiger partial charge in [0.2, 0.25) is 11.8 Å². The number of amides is 2. The van der Waals surface area contributed by atoms with Crippen LogP contribution in [0, 0.1) is 20.8 Å². The fraction of sp³-hybridized carbons (Fsp3) is 0.310. The van der Waals surface area contributed by atoms with Crippen molar-refractivity contribution < 1.29 is 18.0 Å². The van der Waals surface area contributed by atoms with Gasteiger partial charge < -0.3 is 10.2 Å². The lowest BCUT2D eigenvalue weighted by Crippen LogP contribution is -2.51. The molecule has 1 N–H and O–H groups in total. The molecule has 1 atom stereocenters. The molecular weight excluding hydrogens is 522 g/mol. The number of benzene rings is 3. The summed E-state index contributed by atoms with van der Waals surface area (Å²) in [5.74, 6) is -0.823. The van der Waals surface area contributed by atoms with Crippen molar-refractivity contribution in [1.29, 1.82) is 0 Å². The Bertz CT molecular complexity index is 1390. The largest absolute Gasteiger partial charge is 0.357 e. The van der Waals surface area contributed by atoms with Gasteiger partial charge in [-0.2, -0.15) is 0 Å². The number of carbonyl (C=O) groups excluding carboxylic acids is 2. The van der Waals surface area contributed by atoms with Crippen molar-refractivity contribution in [1.82, 2.24) is 10.2 Å². The lowest BCUT2D eigenvalue weighted by Gasteiger charge is -2.33. The van der Waals surface area contributed by atoms with E-state index < -0.39 is 28.5 Å². The molecule has 2 amide bonds. The lowest BCUT2D eigenvalue weighted by atomic mass is 10.1. The first-order chi connectivity index (χ1) is 18.0. The molecule has 0 saturated heterocycles. The molecule has 0 saturated carbocycles. The van der Waals surface area contributed by atoms with Crippen molar-refractivity contribution in [3.05, 3.63) is 94.0 Å². The Hall–Kier alpha value is -3.36. The maximum atomic E-state index is 14.0. The monoisotopic (exact) mass is 555 g/mol. The van der Waals surface area contributed by atoms with Crippen LogP contribution in [0.2, 0.25) is 5.02 Å². The molecule has 0 spiro atoms. The van der Waals surface area contributed by atoms with Gasteiger partial charge in [-0.15, -0.1) is 0 Å². The smallest absolute Gasteiger partial charge is 0.264 e. The van der Waals surface area contributed by atoms with Gasteiger partial charge in [-0.25, -0.2) is 8.42 Å². The van der Waals surface area contributed by atoms with Crippen molar-refractivity contribution in [2.75, 3.05) is 17.9 Å². The summed E-state index contributed by atoms with van der Waals surface area (Å²) >= 11 is 6.26. The van der Waals surface area contributed by atoms with Gasteiger partial charge >= 0.3 is 0 Å². The molecule has 3 aromatic rings. The first kappa shape index (κ1) is 29.2. The summed E-state index contributed by atoms with van der Waals surface area (Å²) in [6.45, 7) is 7.06. The van der Waals surface area contributed by atoms with E-state index in [2.05, 4.69) is 5.32 Å². The van der Waals surface area contributed by atoms with Crippen LogP contribution in [0.15, 0.2) is 71.6 Å². The summed E-state index contributed by atoms with van der Waals surface area (Å²) in [6, 6.07) is 18.3. The highest BCUT2D eigenvalue weighted by atomic mass is 35.5. The van der Waals surface area contributed by atoms with E-state index in [9.17, 15) is 18.0 Å². The summed E-state index contributed by atoms with van der Waals surface area (Å²) < 4.78 is 28.9. The topological polar surface area (TPSA) is 86.8 Å². The predicted octanol–water partition coefficient (Wildman–Crippen LogP) is 5.01. The number of halogens is 1. The van der Waals surface area contributed by atoms with E-state index in [0.29, 0.717) is 22.7 Å². The third kappa shape index (κ3) is 6.74. The Morgan fingerprint density at radius 3 is 2.05 bits per heavy atom. The molecule has 202 valence electrons. The van der Waals surface area contributed by atoms with Crippen molar-refractivity contribution in [2.45, 2.75) is 51.6 Å². The van der Waals surface area contributed by atoms with Gasteiger partial charge in [0.1, 0.15) is 12.6 Å². The van der Waals surface area contributed by atoms with Crippen LogP contribution in [0.1, 0.15) is 35.6 Å². The van der Waals surface area contributed by atoms with Crippen LogP contribution in [0.5, 0.6) is 0 Å². The second kappa shape index (κ2) is 12.5. The number of likely N-dealkylation sites (N-methyl/N-ethyl adjacent to an activating group) is 1. The minimum absolute atomic E-state index is 0.0544. The lowest BCUT2D eigenvalue weighted by molar-refractivity contribution is -0.140. The molecule has 0 fully saturated rings. The standard InChI is InChI=1S/C29H34ClN3O4S/c1-6-26(29(35)31-5)32(18-23-12-7-20(2)8-13-23)28(34)19-33(27-17-24(30)14-11-22(27)4)38(36,37)25-15-9-21(3)10-16-25/h7-17,26H,6,18-19H2,1-5H3,(H,31,35)/t26-/m0/s1. The number of nitrogens with one attached hydrogen (secondary N) is 1. The summed E-state index contributed by atoms with van der Waals surface area (Å²) in [5.41, 5.74) is 3.75. The Balaban J connectivity index is 2.10. The quantitative estimate of drug-likeness (QED) is 0.381. The molecule has 0 bridgehead atoms. The van der Waals surface area contributed by atoms with Gasteiger partial charge in [0.25, 0.3) is 10.0 Å². The Morgan fingerprint density at radius 1 is 0.921 bits per heavy atom. The summed E-state index contributed by atoms with van der Waals surface area (Å²) in [6.07, 6.45) is 0.359. The van der Waals surface area contributed by atoms with E-state index in [0.717, 1.165) is 21.0 Å². The van der Waals surface area contributed by atoms with Crippen molar-refractivity contribution >= 4 is 39.1 Å². The molecule has 3 aromatic carbocycles. The average molecular weight is 556 g/mol. The van der Waals surface area contributed by atoms with Gasteiger partial charge in [-0.1, -0.05) is 72.1 Å². The normalized spacial score (nSPS) is 12.1. The molecule has 0 heterocycles. The van der Waals surface area contributed by atoms with Crippen LogP contribution in [0.4, 0.5) is 5.69 Å². The highest BCUT2D eigenvalue weighted by Gasteiger charge is 2.34. The van der Waals surface area contributed by atoms with Gasteiger partial charge in [-0.05, 0) is 62.6 Å². The number of hydrogen-bond donors (Lipinski definition) is 1. The zero-order chi connectivity index (χ0) is 28.0. The molecule has 7 nitrogen and oxygen atoms in total. The summed E-state index contributed by atoms with van der Waals surface area (Å²) in [5, 5.41) is 2.97. The van der Waals surface area contributed by atoms with E-state index in [1.54, 1.807) is 31.2 Å². The summed E-state index contributed by atoms with van der Waals surface area (Å²) in [4.78, 5) is 28.2. The second-order valence-corrected chi connectivity index (χ2v) is 11.6. The molecule has 0 aliphatic rings. The fourth-order valence-electron chi connectivity index (χ4n) is 4.18. The number of anilines is 1. The van der Waals surface area contributed by atoms with Crippen LogP contribution in [0.25, 0.3) is 0 Å². The molecule has 0 aliphatic carbocycles. The Labute approximate surface area is 230 Å². The molecule has 3 rings (SSSR count). The molecule has 0 aliphatic heterocycles. The van der Waals surface area contributed by atoms with Crippen molar-refractivity contribution in [3.8, 4) is 0 Å². The highest BCUT2D eigenvalue weighted by molar-refractivity contribution is 7.92. The fourth-order valence-corrected chi connectivity index (χ4v) is 5.82. The van der Waals surface area contributed by atoms with Gasteiger partial charge in [-0.3, -0.25) is 13.9 Å². The molecular formula is C29H34ClN3O4S. The Kier molecular flexibility index (Phi) is 9.57. The third-order valence-electron chi connectivity index (χ3n) is 6.43. The zero-order valence-electron chi connectivity index (χ0n) is 22.4. The highest BCUT2D eigenvalue weighted by Crippen LogP contribution is 2.30. The van der Waals surface area contributed by atoms with Gasteiger partial charge in [0.15, 0.2) is 0 Å². The van der Waals surface area contributed by atoms with Crippen LogP contribution < -0.4 is 9.62 Å². The van der Waals surface area contributed by atoms with E-state index in [4.69, 9.17) is 11.6 Å². The van der Waals surface area contributed by atoms with Crippen molar-refractivity contribution in [3.63, 3.8) is 0 Å². The average Bonchev–Trinajstić information content (AvgIpc) is 2.89. The maximum absolute atomic E-state index is 14.0. The van der Waals surface area contributed by atoms with Gasteiger partial charge in [0, 0.05) is 18.6 Å². The van der Waals surface area contributed by atoms with Crippen LogP contribution in [0.3, 0.4) is 0 Å². The molecule has 38 heavy (non-hydrogen) atoms. The maximum Gasteiger partial charge on any atom is 0.264 e. The molecule has 0 unspecified atom stereocenters. The number of carbonyl (C=O) groups is 2. The minimum atomic E-state index is -4.15. The second-order valence-electron chi connectivity index (χ2n) is 9.30. The number of hydrogen-bond acceptors (Lipinski definition) is 4. The van der Waals surface area contributed by atoms with Crippen LogP contribution in [-0.4, -0.2) is 44.8 Å². The molecule has 0 aromatic heterocycles. The van der Waals surface area contributed by atoms with Crippen LogP contribution in [-0.2, 0) is 26.2 Å². The predicted molar refractivity (Wildman–Crippen MR) is 152 cm³/mol. The van der Waals surface area contributed by atoms with E-state index in [-0.39, 0.29) is 17.3 Å². The summed E-state index contributed by atoms with van der Waals surface area (Å²) in [7, 11) is -2.63. The van der Waals surface area contributed by atoms with E-state index >= 15 is 0 Å². The van der Waals surface area contributed by atoms with Gasteiger partial charge in [0.05, 0.1) is 10.6 Å². The Morgan fingerprint density at radius 2 is 1.50 bits per heavy atom. The van der Waals surface area contributed by atoms with Crippen molar-refractivity contribution in [2.24, 2.45) is 0 Å². The number of rotatable bonds is 10. The van der Waals surface area contributed by atoms with E-state index in [1.165, 1.54) is 30.1 Å². The minimum Gasteiger partial charge on any atom is -0.357 e. The number of aryl methyl sites for hydroxylation is 3. The first-order valence-corrected chi connectivity index (χ1v) is 14.2. The van der Waals surface area contributed by atoms with Crippen LogP contribution >= 0.6 is 11.6 Å². The molecule has 0 radical (unpaired) electrons. The zero-order valence-corrected chi connectivity index (χ0v) is 23.9. The third-order valence-corrected chi connectivity index (χ3v) is 8.44. The number of sulfonamides is 1. The van der Waals surface area contributed by atoms with E-state index in [1.807, 2.05) is 45.0 Å². The number of nitrogens with zero attached hydrogens (tertiary/aromatic N) is 2. The SMILES string of the molecule is CC[C@@H](C(=O)NC)N(Cc1ccc(C)cc1)C(=O)CN(c1cc(Cl)ccc1C)S(=O)(=O)c1ccc(C)cc1. The molecule has 9 heteroatoms.